The molecule has 1 heterocycles. The van der Waals surface area contributed by atoms with E-state index in [4.69, 9.17) is 15.2 Å². The highest BCUT2D eigenvalue weighted by atomic mass is 32.2. The van der Waals surface area contributed by atoms with E-state index in [1.165, 1.54) is 32.0 Å². The quantitative estimate of drug-likeness (QED) is 0.403. The lowest BCUT2D eigenvalue weighted by Gasteiger charge is -2.11. The SMILES string of the molecule is COc1ccc(C(=O)Nc2c(N)nc(SCc3ccccc3)[nH]c2=O)cc1OC. The molecule has 4 N–H and O–H groups in total. The standard InChI is InChI=1S/C20H20N4O4S/c1-27-14-9-8-13(10-15(14)28-2)18(25)22-16-17(21)23-20(24-19(16)26)29-11-12-6-4-3-5-7-12/h3-10H,11H2,1-2H3,(H,22,25)(H3,21,23,24,26). The first-order chi connectivity index (χ1) is 14.0. The largest absolute Gasteiger partial charge is 0.493 e. The van der Waals surface area contributed by atoms with Crippen molar-refractivity contribution in [1.29, 1.82) is 0 Å². The Bertz CT molecular complexity index is 1070. The van der Waals surface area contributed by atoms with Gasteiger partial charge in [-0.05, 0) is 23.8 Å². The van der Waals surface area contributed by atoms with Gasteiger partial charge in [0, 0.05) is 11.3 Å². The molecule has 0 aliphatic rings. The average Bonchev–Trinajstić information content (AvgIpc) is 2.74. The van der Waals surface area contributed by atoms with Crippen molar-refractivity contribution in [2.75, 3.05) is 25.3 Å². The number of anilines is 2. The summed E-state index contributed by atoms with van der Waals surface area (Å²) in [5.41, 5.74) is 6.66. The molecule has 150 valence electrons. The van der Waals surface area contributed by atoms with Crippen molar-refractivity contribution >= 4 is 29.2 Å². The van der Waals surface area contributed by atoms with Crippen LogP contribution in [-0.4, -0.2) is 30.1 Å². The normalized spacial score (nSPS) is 10.4. The molecule has 0 unspecified atom stereocenters. The minimum atomic E-state index is -0.526. The minimum absolute atomic E-state index is 0.0573. The lowest BCUT2D eigenvalue weighted by atomic mass is 10.2. The Morgan fingerprint density at radius 1 is 1.14 bits per heavy atom. The third-order valence-corrected chi connectivity index (χ3v) is 4.97. The van der Waals surface area contributed by atoms with Crippen LogP contribution in [0, 0.1) is 0 Å². The molecular formula is C20H20N4O4S. The Morgan fingerprint density at radius 3 is 2.52 bits per heavy atom. The van der Waals surface area contributed by atoms with Crippen LogP contribution >= 0.6 is 11.8 Å². The fraction of sp³-hybridized carbons (Fsp3) is 0.150. The molecule has 0 radical (unpaired) electrons. The Labute approximate surface area is 171 Å². The lowest BCUT2D eigenvalue weighted by Crippen LogP contribution is -2.23. The number of aromatic nitrogens is 2. The zero-order chi connectivity index (χ0) is 20.8. The summed E-state index contributed by atoms with van der Waals surface area (Å²) < 4.78 is 10.3. The molecule has 3 aromatic rings. The summed E-state index contributed by atoms with van der Waals surface area (Å²) in [4.78, 5) is 31.8. The molecule has 0 bridgehead atoms. The molecule has 0 aliphatic carbocycles. The number of amides is 1. The number of rotatable bonds is 7. The van der Waals surface area contributed by atoms with E-state index in [1.807, 2.05) is 30.3 Å². The van der Waals surface area contributed by atoms with E-state index in [9.17, 15) is 9.59 Å². The van der Waals surface area contributed by atoms with Gasteiger partial charge in [-0.3, -0.25) is 14.6 Å². The molecular weight excluding hydrogens is 392 g/mol. The van der Waals surface area contributed by atoms with Gasteiger partial charge in [-0.15, -0.1) is 0 Å². The summed E-state index contributed by atoms with van der Waals surface area (Å²) in [6.07, 6.45) is 0. The Hall–Kier alpha value is -3.46. The van der Waals surface area contributed by atoms with Crippen molar-refractivity contribution in [2.24, 2.45) is 0 Å². The van der Waals surface area contributed by atoms with Gasteiger partial charge >= 0.3 is 0 Å². The minimum Gasteiger partial charge on any atom is -0.493 e. The first-order valence-corrected chi connectivity index (χ1v) is 9.60. The maximum Gasteiger partial charge on any atom is 0.277 e. The van der Waals surface area contributed by atoms with Gasteiger partial charge in [0.2, 0.25) is 0 Å². The van der Waals surface area contributed by atoms with Crippen LogP contribution in [0.4, 0.5) is 11.5 Å². The number of hydrogen-bond donors (Lipinski definition) is 3. The van der Waals surface area contributed by atoms with Gasteiger partial charge in [-0.1, -0.05) is 42.1 Å². The van der Waals surface area contributed by atoms with Crippen LogP contribution < -0.4 is 26.1 Å². The predicted molar refractivity (Wildman–Crippen MR) is 113 cm³/mol. The van der Waals surface area contributed by atoms with Crippen molar-refractivity contribution in [3.05, 3.63) is 70.0 Å². The summed E-state index contributed by atoms with van der Waals surface area (Å²) in [5.74, 6) is 0.934. The van der Waals surface area contributed by atoms with Gasteiger partial charge in [0.15, 0.2) is 22.5 Å². The number of nitrogens with one attached hydrogen (secondary N) is 2. The van der Waals surface area contributed by atoms with E-state index in [2.05, 4.69) is 15.3 Å². The molecule has 3 rings (SSSR count). The summed E-state index contributed by atoms with van der Waals surface area (Å²) in [5, 5.41) is 2.88. The number of methoxy groups -OCH3 is 2. The van der Waals surface area contributed by atoms with Crippen LogP contribution in [0.2, 0.25) is 0 Å². The Balaban J connectivity index is 1.75. The highest BCUT2D eigenvalue weighted by Gasteiger charge is 2.16. The average molecular weight is 412 g/mol. The highest BCUT2D eigenvalue weighted by molar-refractivity contribution is 7.98. The van der Waals surface area contributed by atoms with E-state index >= 15 is 0 Å². The van der Waals surface area contributed by atoms with Gasteiger partial charge in [-0.2, -0.15) is 0 Å². The number of carbonyl (C=O) groups is 1. The van der Waals surface area contributed by atoms with Gasteiger partial charge in [-0.25, -0.2) is 4.98 Å². The molecule has 2 aromatic carbocycles. The van der Waals surface area contributed by atoms with Crippen LogP contribution in [-0.2, 0) is 5.75 Å². The second kappa shape index (κ2) is 9.16. The number of benzene rings is 2. The number of nitrogens with zero attached hydrogens (tertiary/aromatic N) is 1. The monoisotopic (exact) mass is 412 g/mol. The molecule has 0 atom stereocenters. The summed E-state index contributed by atoms with van der Waals surface area (Å²) in [7, 11) is 2.97. The third-order valence-electron chi connectivity index (χ3n) is 4.03. The van der Waals surface area contributed by atoms with E-state index in [-0.39, 0.29) is 17.1 Å². The zero-order valence-corrected chi connectivity index (χ0v) is 16.7. The number of aromatic amines is 1. The van der Waals surface area contributed by atoms with Gasteiger partial charge < -0.3 is 20.5 Å². The number of hydrogen-bond acceptors (Lipinski definition) is 7. The summed E-state index contributed by atoms with van der Waals surface area (Å²) >= 11 is 1.35. The van der Waals surface area contributed by atoms with E-state index < -0.39 is 11.5 Å². The maximum atomic E-state index is 12.5. The molecule has 0 aliphatic heterocycles. The second-order valence-electron chi connectivity index (χ2n) is 5.93. The number of nitrogens with two attached hydrogens (primary N) is 1. The second-order valence-corrected chi connectivity index (χ2v) is 6.89. The zero-order valence-electron chi connectivity index (χ0n) is 15.9. The molecule has 0 fully saturated rings. The van der Waals surface area contributed by atoms with Gasteiger partial charge in [0.05, 0.1) is 14.2 Å². The summed E-state index contributed by atoms with van der Waals surface area (Å²) in [6.45, 7) is 0. The van der Waals surface area contributed by atoms with Crippen molar-refractivity contribution in [3.8, 4) is 11.5 Å². The first-order valence-electron chi connectivity index (χ1n) is 8.61. The number of thioether (sulfide) groups is 1. The molecule has 8 nitrogen and oxygen atoms in total. The molecule has 29 heavy (non-hydrogen) atoms. The number of H-pyrrole nitrogens is 1. The molecule has 1 aromatic heterocycles. The predicted octanol–water partition coefficient (Wildman–Crippen LogP) is 2.91. The van der Waals surface area contributed by atoms with Gasteiger partial charge in [0.1, 0.15) is 5.69 Å². The number of ether oxygens (including phenoxy) is 2. The van der Waals surface area contributed by atoms with Crippen molar-refractivity contribution in [3.63, 3.8) is 0 Å². The molecule has 9 heteroatoms. The molecule has 0 spiro atoms. The first kappa shape index (κ1) is 20.3. The van der Waals surface area contributed by atoms with Crippen molar-refractivity contribution < 1.29 is 14.3 Å². The van der Waals surface area contributed by atoms with Crippen LogP contribution in [0.3, 0.4) is 0 Å². The van der Waals surface area contributed by atoms with E-state index in [0.717, 1.165) is 5.56 Å². The van der Waals surface area contributed by atoms with Crippen LogP contribution in [0.25, 0.3) is 0 Å². The van der Waals surface area contributed by atoms with Crippen LogP contribution in [0.1, 0.15) is 15.9 Å². The maximum absolute atomic E-state index is 12.5. The van der Waals surface area contributed by atoms with E-state index in [1.54, 1.807) is 12.1 Å². The smallest absolute Gasteiger partial charge is 0.277 e. The molecule has 0 saturated carbocycles. The Morgan fingerprint density at radius 2 is 1.86 bits per heavy atom. The van der Waals surface area contributed by atoms with Crippen molar-refractivity contribution in [2.45, 2.75) is 10.9 Å². The fourth-order valence-corrected chi connectivity index (χ4v) is 3.37. The third kappa shape index (κ3) is 4.88. The van der Waals surface area contributed by atoms with Gasteiger partial charge in [0.25, 0.3) is 11.5 Å². The van der Waals surface area contributed by atoms with Crippen LogP contribution in [0.5, 0.6) is 11.5 Å². The molecule has 1 amide bonds. The topological polar surface area (TPSA) is 119 Å². The fourth-order valence-electron chi connectivity index (χ4n) is 2.55. The Kier molecular flexibility index (Phi) is 6.40. The number of nitrogen functional groups attached to an aromatic ring is 1. The van der Waals surface area contributed by atoms with Crippen LogP contribution in [0.15, 0.2) is 58.5 Å². The number of carbonyl (C=O) groups excluding carboxylic acids is 1. The summed E-state index contributed by atoms with van der Waals surface area (Å²) in [6, 6.07) is 14.4. The molecule has 0 saturated heterocycles. The van der Waals surface area contributed by atoms with Crippen molar-refractivity contribution in [1.82, 2.24) is 9.97 Å². The van der Waals surface area contributed by atoms with E-state index in [0.29, 0.717) is 22.4 Å². The lowest BCUT2D eigenvalue weighted by molar-refractivity contribution is 0.102. The highest BCUT2D eigenvalue weighted by Crippen LogP contribution is 2.28.